The molecule has 0 spiro atoms. The van der Waals surface area contributed by atoms with E-state index in [1.165, 1.54) is 6.42 Å². The smallest absolute Gasteiger partial charge is 0.0735 e. The minimum Gasteiger partial charge on any atom is -0.399 e. The maximum atomic E-state index is 6.14. The van der Waals surface area contributed by atoms with Gasteiger partial charge in [0.1, 0.15) is 0 Å². The zero-order valence-electron chi connectivity index (χ0n) is 11.2. The molecule has 3 heteroatoms. The second-order valence-corrected chi connectivity index (χ2v) is 6.11. The highest BCUT2D eigenvalue weighted by Gasteiger charge is 2.24. The van der Waals surface area contributed by atoms with Gasteiger partial charge in [-0.05, 0) is 48.8 Å². The van der Waals surface area contributed by atoms with Crippen molar-refractivity contribution in [3.8, 4) is 0 Å². The molecule has 1 saturated carbocycles. The van der Waals surface area contributed by atoms with Crippen LogP contribution >= 0.6 is 11.6 Å². The number of halogens is 1. The third kappa shape index (κ3) is 3.63. The van der Waals surface area contributed by atoms with Gasteiger partial charge in [-0.1, -0.05) is 31.5 Å². The lowest BCUT2D eigenvalue weighted by molar-refractivity contribution is -0.00911. The fourth-order valence-corrected chi connectivity index (χ4v) is 3.14. The molecule has 0 radical (unpaired) electrons. The molecule has 100 valence electrons. The van der Waals surface area contributed by atoms with Crippen LogP contribution in [-0.4, -0.2) is 6.10 Å². The number of ether oxygens (including phenoxy) is 1. The number of nitrogen functional groups attached to an aromatic ring is 1. The third-order valence-corrected chi connectivity index (χ3v) is 4.04. The molecular weight excluding hydrogens is 246 g/mol. The van der Waals surface area contributed by atoms with Crippen molar-refractivity contribution in [1.82, 2.24) is 0 Å². The number of nitrogens with two attached hydrogens (primary N) is 1. The highest BCUT2D eigenvalue weighted by atomic mass is 35.5. The number of hydrogen-bond acceptors (Lipinski definition) is 2. The fourth-order valence-electron chi connectivity index (χ4n) is 2.90. The number of anilines is 1. The molecule has 0 aromatic heterocycles. The van der Waals surface area contributed by atoms with E-state index in [0.717, 1.165) is 30.2 Å². The Morgan fingerprint density at radius 2 is 1.89 bits per heavy atom. The highest BCUT2D eigenvalue weighted by molar-refractivity contribution is 6.31. The van der Waals surface area contributed by atoms with Crippen LogP contribution in [0.1, 0.15) is 38.7 Å². The zero-order valence-corrected chi connectivity index (χ0v) is 11.9. The Hall–Kier alpha value is -0.730. The first-order chi connectivity index (χ1) is 8.54. The molecule has 2 unspecified atom stereocenters. The van der Waals surface area contributed by atoms with Crippen LogP contribution in [0.3, 0.4) is 0 Å². The van der Waals surface area contributed by atoms with Crippen molar-refractivity contribution < 1.29 is 4.74 Å². The summed E-state index contributed by atoms with van der Waals surface area (Å²) < 4.78 is 6.01. The molecule has 1 aliphatic rings. The Bertz CT molecular complexity index is 397. The van der Waals surface area contributed by atoms with Crippen LogP contribution in [0, 0.1) is 11.8 Å². The standard InChI is InChI=1S/C15H22ClNO/c1-10-5-11(2)7-14(6-10)18-9-12-3-4-13(17)8-15(12)16/h3-4,8,10-11,14H,5-7,9,17H2,1-2H3. The summed E-state index contributed by atoms with van der Waals surface area (Å²) in [4.78, 5) is 0. The van der Waals surface area contributed by atoms with Gasteiger partial charge in [0, 0.05) is 10.7 Å². The number of rotatable bonds is 3. The largest absolute Gasteiger partial charge is 0.399 e. The van der Waals surface area contributed by atoms with Crippen LogP contribution in [0.15, 0.2) is 18.2 Å². The first-order valence-corrected chi connectivity index (χ1v) is 7.08. The summed E-state index contributed by atoms with van der Waals surface area (Å²) in [5.41, 5.74) is 7.40. The van der Waals surface area contributed by atoms with Gasteiger partial charge in [-0.3, -0.25) is 0 Å². The minimum absolute atomic E-state index is 0.373. The zero-order chi connectivity index (χ0) is 13.1. The lowest BCUT2D eigenvalue weighted by atomic mass is 9.82. The molecule has 1 aromatic carbocycles. The van der Waals surface area contributed by atoms with Crippen LogP contribution in [-0.2, 0) is 11.3 Å². The lowest BCUT2D eigenvalue weighted by Gasteiger charge is -2.31. The average Bonchev–Trinajstić information content (AvgIpc) is 2.26. The molecule has 0 heterocycles. The van der Waals surface area contributed by atoms with E-state index in [0.29, 0.717) is 23.4 Å². The van der Waals surface area contributed by atoms with Gasteiger partial charge in [0.15, 0.2) is 0 Å². The molecule has 0 amide bonds. The van der Waals surface area contributed by atoms with E-state index in [2.05, 4.69) is 13.8 Å². The molecule has 0 aliphatic heterocycles. The van der Waals surface area contributed by atoms with Gasteiger partial charge in [0.25, 0.3) is 0 Å². The Morgan fingerprint density at radius 1 is 1.22 bits per heavy atom. The van der Waals surface area contributed by atoms with Crippen molar-refractivity contribution in [1.29, 1.82) is 0 Å². The first-order valence-electron chi connectivity index (χ1n) is 6.70. The molecular formula is C15H22ClNO. The Labute approximate surface area is 114 Å². The summed E-state index contributed by atoms with van der Waals surface area (Å²) in [6.07, 6.45) is 4.02. The van der Waals surface area contributed by atoms with Crippen LogP contribution in [0.2, 0.25) is 5.02 Å². The van der Waals surface area contributed by atoms with Crippen molar-refractivity contribution in [2.45, 2.75) is 45.8 Å². The van der Waals surface area contributed by atoms with E-state index in [1.54, 1.807) is 6.07 Å². The van der Waals surface area contributed by atoms with E-state index in [4.69, 9.17) is 22.1 Å². The highest BCUT2D eigenvalue weighted by Crippen LogP contribution is 2.31. The molecule has 2 rings (SSSR count). The van der Waals surface area contributed by atoms with Crippen molar-refractivity contribution in [3.05, 3.63) is 28.8 Å². The average molecular weight is 268 g/mol. The molecule has 2 nitrogen and oxygen atoms in total. The summed E-state index contributed by atoms with van der Waals surface area (Å²) in [7, 11) is 0. The van der Waals surface area contributed by atoms with Crippen molar-refractivity contribution in [3.63, 3.8) is 0 Å². The van der Waals surface area contributed by atoms with E-state index in [1.807, 2.05) is 12.1 Å². The van der Waals surface area contributed by atoms with Gasteiger partial charge >= 0.3 is 0 Å². The van der Waals surface area contributed by atoms with Gasteiger partial charge in [-0.15, -0.1) is 0 Å². The molecule has 18 heavy (non-hydrogen) atoms. The van der Waals surface area contributed by atoms with E-state index >= 15 is 0 Å². The normalized spacial score (nSPS) is 28.3. The molecule has 2 N–H and O–H groups in total. The SMILES string of the molecule is CC1CC(C)CC(OCc2ccc(N)cc2Cl)C1. The van der Waals surface area contributed by atoms with Gasteiger partial charge in [0.05, 0.1) is 12.7 Å². The summed E-state index contributed by atoms with van der Waals surface area (Å²) >= 11 is 6.14. The maximum absolute atomic E-state index is 6.14. The molecule has 1 aliphatic carbocycles. The van der Waals surface area contributed by atoms with Gasteiger partial charge in [-0.2, -0.15) is 0 Å². The quantitative estimate of drug-likeness (QED) is 0.831. The second-order valence-electron chi connectivity index (χ2n) is 5.70. The molecule has 1 aromatic rings. The predicted octanol–water partition coefficient (Wildman–Crippen LogP) is 4.26. The summed E-state index contributed by atoms with van der Waals surface area (Å²) in [5.74, 6) is 1.53. The number of benzene rings is 1. The van der Waals surface area contributed by atoms with Crippen LogP contribution < -0.4 is 5.73 Å². The second kappa shape index (κ2) is 5.94. The molecule has 2 atom stereocenters. The topological polar surface area (TPSA) is 35.2 Å². The molecule has 0 saturated heterocycles. The summed E-state index contributed by atoms with van der Waals surface area (Å²) in [6, 6.07) is 5.61. The molecule has 1 fully saturated rings. The fraction of sp³-hybridized carbons (Fsp3) is 0.600. The van der Waals surface area contributed by atoms with Crippen molar-refractivity contribution >= 4 is 17.3 Å². The van der Waals surface area contributed by atoms with Crippen LogP contribution in [0.25, 0.3) is 0 Å². The van der Waals surface area contributed by atoms with Gasteiger partial charge in [-0.25, -0.2) is 0 Å². The van der Waals surface area contributed by atoms with Crippen LogP contribution in [0.4, 0.5) is 5.69 Å². The van der Waals surface area contributed by atoms with Crippen molar-refractivity contribution in [2.24, 2.45) is 11.8 Å². The van der Waals surface area contributed by atoms with Gasteiger partial charge in [0.2, 0.25) is 0 Å². The van der Waals surface area contributed by atoms with Crippen molar-refractivity contribution in [2.75, 3.05) is 5.73 Å². The van der Waals surface area contributed by atoms with E-state index < -0.39 is 0 Å². The summed E-state index contributed by atoms with van der Waals surface area (Å²) in [5, 5.41) is 0.701. The van der Waals surface area contributed by atoms with E-state index in [9.17, 15) is 0 Å². The lowest BCUT2D eigenvalue weighted by Crippen LogP contribution is -2.26. The maximum Gasteiger partial charge on any atom is 0.0735 e. The predicted molar refractivity (Wildman–Crippen MR) is 76.6 cm³/mol. The first kappa shape index (κ1) is 13.7. The Kier molecular flexibility index (Phi) is 4.52. The Balaban J connectivity index is 1.91. The number of hydrogen-bond donors (Lipinski definition) is 1. The molecule has 0 bridgehead atoms. The monoisotopic (exact) mass is 267 g/mol. The Morgan fingerprint density at radius 3 is 2.50 bits per heavy atom. The van der Waals surface area contributed by atoms with Crippen LogP contribution in [0.5, 0.6) is 0 Å². The van der Waals surface area contributed by atoms with Gasteiger partial charge < -0.3 is 10.5 Å². The van der Waals surface area contributed by atoms with E-state index in [-0.39, 0.29) is 0 Å². The summed E-state index contributed by atoms with van der Waals surface area (Å²) in [6.45, 7) is 5.20. The third-order valence-electron chi connectivity index (χ3n) is 3.69. The minimum atomic E-state index is 0.373.